The van der Waals surface area contributed by atoms with Gasteiger partial charge in [0.2, 0.25) is 0 Å². The van der Waals surface area contributed by atoms with Crippen molar-refractivity contribution in [3.8, 4) is 18.2 Å². The summed E-state index contributed by atoms with van der Waals surface area (Å²) < 4.78 is 4.99. The van der Waals surface area contributed by atoms with Gasteiger partial charge < -0.3 is 10.1 Å². The van der Waals surface area contributed by atoms with Crippen molar-refractivity contribution in [3.05, 3.63) is 41.1 Å². The molecular weight excluding hydrogens is 228 g/mol. The Morgan fingerprint density at radius 1 is 1.22 bits per heavy atom. The Labute approximate surface area is 105 Å². The predicted octanol–water partition coefficient (Wildman–Crippen LogP) is 2.07. The first-order chi connectivity index (χ1) is 8.74. The standard InChI is InChI=1S/C13H10N4O/c1-18-9-10-3-2-4-12(5-10)17-13(8-16)11(6-14)7-15/h2-5,17H,9H2,1H3. The Morgan fingerprint density at radius 3 is 2.50 bits per heavy atom. The first kappa shape index (κ1) is 13.3. The van der Waals surface area contributed by atoms with E-state index in [2.05, 4.69) is 5.32 Å². The molecule has 1 aromatic carbocycles. The van der Waals surface area contributed by atoms with E-state index in [1.165, 1.54) is 0 Å². The monoisotopic (exact) mass is 238 g/mol. The number of anilines is 1. The molecule has 0 bridgehead atoms. The number of hydrogen-bond donors (Lipinski definition) is 1. The third-order valence-corrected chi connectivity index (χ3v) is 2.09. The second kappa shape index (κ2) is 6.70. The maximum atomic E-state index is 8.90. The molecule has 0 aromatic heterocycles. The zero-order valence-electron chi connectivity index (χ0n) is 9.77. The molecule has 5 nitrogen and oxygen atoms in total. The number of nitrogens with one attached hydrogen (secondary N) is 1. The number of allylic oxidation sites excluding steroid dienone is 2. The number of nitriles is 3. The summed E-state index contributed by atoms with van der Waals surface area (Å²) in [5.74, 6) is 0. The smallest absolute Gasteiger partial charge is 0.163 e. The maximum absolute atomic E-state index is 8.90. The molecule has 88 valence electrons. The van der Waals surface area contributed by atoms with Gasteiger partial charge in [0, 0.05) is 12.8 Å². The summed E-state index contributed by atoms with van der Waals surface area (Å²) in [6.07, 6.45) is 0. The number of methoxy groups -OCH3 is 1. The normalized spacial score (nSPS) is 8.56. The third-order valence-electron chi connectivity index (χ3n) is 2.09. The Bertz CT molecular complexity index is 568. The SMILES string of the molecule is COCc1cccc(NC(C#N)=C(C#N)C#N)c1. The Hall–Kier alpha value is -2.81. The molecule has 0 fully saturated rings. The molecule has 18 heavy (non-hydrogen) atoms. The summed E-state index contributed by atoms with van der Waals surface area (Å²) in [5, 5.41) is 29.0. The van der Waals surface area contributed by atoms with Gasteiger partial charge >= 0.3 is 0 Å². The quantitative estimate of drug-likeness (QED) is 0.810. The molecule has 5 heteroatoms. The molecule has 0 aliphatic heterocycles. The van der Waals surface area contributed by atoms with Crippen LogP contribution in [0.5, 0.6) is 0 Å². The fourth-order valence-electron chi connectivity index (χ4n) is 1.33. The van der Waals surface area contributed by atoms with Crippen LogP contribution in [0.15, 0.2) is 35.5 Å². The first-order valence-corrected chi connectivity index (χ1v) is 5.04. The molecule has 0 atom stereocenters. The van der Waals surface area contributed by atoms with Gasteiger partial charge in [-0.05, 0) is 17.7 Å². The summed E-state index contributed by atoms with van der Waals surface area (Å²) in [4.78, 5) is 0. The molecular formula is C13H10N4O. The highest BCUT2D eigenvalue weighted by molar-refractivity contribution is 5.58. The van der Waals surface area contributed by atoms with Crippen molar-refractivity contribution in [2.24, 2.45) is 0 Å². The van der Waals surface area contributed by atoms with E-state index in [4.69, 9.17) is 20.5 Å². The Morgan fingerprint density at radius 2 is 1.94 bits per heavy atom. The minimum atomic E-state index is -0.241. The second-order valence-corrected chi connectivity index (χ2v) is 3.34. The van der Waals surface area contributed by atoms with Gasteiger partial charge in [0.25, 0.3) is 0 Å². The summed E-state index contributed by atoms with van der Waals surface area (Å²) in [6.45, 7) is 0.449. The molecule has 1 rings (SSSR count). The summed E-state index contributed by atoms with van der Waals surface area (Å²) in [6, 6.07) is 12.3. The van der Waals surface area contributed by atoms with E-state index in [0.717, 1.165) is 5.56 Å². The van der Waals surface area contributed by atoms with Crippen LogP contribution in [0, 0.1) is 34.0 Å². The van der Waals surface area contributed by atoms with E-state index in [9.17, 15) is 0 Å². The van der Waals surface area contributed by atoms with Gasteiger partial charge in [-0.1, -0.05) is 12.1 Å². The molecule has 0 heterocycles. The fourth-order valence-corrected chi connectivity index (χ4v) is 1.33. The van der Waals surface area contributed by atoms with E-state index in [1.807, 2.05) is 6.07 Å². The topological polar surface area (TPSA) is 92.6 Å². The second-order valence-electron chi connectivity index (χ2n) is 3.34. The van der Waals surface area contributed by atoms with Crippen LogP contribution in [0.25, 0.3) is 0 Å². The molecule has 0 amide bonds. The van der Waals surface area contributed by atoms with Crippen molar-refractivity contribution in [2.75, 3.05) is 12.4 Å². The van der Waals surface area contributed by atoms with Crippen molar-refractivity contribution in [1.82, 2.24) is 0 Å². The van der Waals surface area contributed by atoms with Gasteiger partial charge in [-0.3, -0.25) is 0 Å². The van der Waals surface area contributed by atoms with Gasteiger partial charge in [0.05, 0.1) is 6.61 Å². The van der Waals surface area contributed by atoms with E-state index in [0.29, 0.717) is 12.3 Å². The molecule has 1 aromatic rings. The van der Waals surface area contributed by atoms with Gasteiger partial charge in [-0.2, -0.15) is 15.8 Å². The lowest BCUT2D eigenvalue weighted by Gasteiger charge is -2.06. The average Bonchev–Trinajstić information content (AvgIpc) is 2.39. The molecule has 0 spiro atoms. The first-order valence-electron chi connectivity index (χ1n) is 5.04. The molecule has 0 aliphatic rings. The van der Waals surface area contributed by atoms with Crippen LogP contribution in [-0.4, -0.2) is 7.11 Å². The van der Waals surface area contributed by atoms with Crippen LogP contribution < -0.4 is 5.32 Å². The highest BCUT2D eigenvalue weighted by Gasteiger charge is 2.06. The van der Waals surface area contributed by atoms with Crippen molar-refractivity contribution in [2.45, 2.75) is 6.61 Å². The highest BCUT2D eigenvalue weighted by Crippen LogP contribution is 2.14. The van der Waals surface area contributed by atoms with Crippen molar-refractivity contribution < 1.29 is 4.74 Å². The number of benzene rings is 1. The van der Waals surface area contributed by atoms with Gasteiger partial charge in [-0.15, -0.1) is 0 Å². The summed E-state index contributed by atoms with van der Waals surface area (Å²) in [7, 11) is 1.59. The van der Waals surface area contributed by atoms with E-state index in [-0.39, 0.29) is 11.3 Å². The lowest BCUT2D eigenvalue weighted by molar-refractivity contribution is 0.185. The Kier molecular flexibility index (Phi) is 4.94. The van der Waals surface area contributed by atoms with Gasteiger partial charge in [0.15, 0.2) is 5.57 Å². The molecule has 0 saturated carbocycles. The minimum Gasteiger partial charge on any atom is -0.380 e. The van der Waals surface area contributed by atoms with Crippen molar-refractivity contribution in [1.29, 1.82) is 15.8 Å². The van der Waals surface area contributed by atoms with Crippen LogP contribution in [-0.2, 0) is 11.3 Å². The van der Waals surface area contributed by atoms with Crippen molar-refractivity contribution in [3.63, 3.8) is 0 Å². The molecule has 0 aliphatic carbocycles. The van der Waals surface area contributed by atoms with Crippen LogP contribution in [0.1, 0.15) is 5.56 Å². The van der Waals surface area contributed by atoms with Crippen LogP contribution in [0.4, 0.5) is 5.69 Å². The summed E-state index contributed by atoms with van der Waals surface area (Å²) in [5.41, 5.74) is 1.25. The maximum Gasteiger partial charge on any atom is 0.163 e. The molecule has 1 N–H and O–H groups in total. The van der Waals surface area contributed by atoms with Crippen LogP contribution in [0.2, 0.25) is 0 Å². The van der Waals surface area contributed by atoms with Crippen LogP contribution in [0.3, 0.4) is 0 Å². The number of nitrogens with zero attached hydrogens (tertiary/aromatic N) is 3. The lowest BCUT2D eigenvalue weighted by Crippen LogP contribution is -2.01. The van der Waals surface area contributed by atoms with E-state index in [1.54, 1.807) is 43.5 Å². The Balaban J connectivity index is 3.02. The van der Waals surface area contributed by atoms with Gasteiger partial charge in [-0.25, -0.2) is 0 Å². The molecule has 0 unspecified atom stereocenters. The zero-order chi connectivity index (χ0) is 13.4. The number of ether oxygens (including phenoxy) is 1. The largest absolute Gasteiger partial charge is 0.380 e. The number of rotatable bonds is 4. The van der Waals surface area contributed by atoms with E-state index < -0.39 is 0 Å². The lowest BCUT2D eigenvalue weighted by atomic mass is 10.2. The van der Waals surface area contributed by atoms with E-state index >= 15 is 0 Å². The molecule has 0 saturated heterocycles. The highest BCUT2D eigenvalue weighted by atomic mass is 16.5. The minimum absolute atomic E-state index is 0.0606. The third kappa shape index (κ3) is 3.35. The zero-order valence-corrected chi connectivity index (χ0v) is 9.77. The van der Waals surface area contributed by atoms with Gasteiger partial charge in [0.1, 0.15) is 23.9 Å². The molecule has 0 radical (unpaired) electrons. The summed E-state index contributed by atoms with van der Waals surface area (Å²) >= 11 is 0. The fraction of sp³-hybridized carbons (Fsp3) is 0.154. The average molecular weight is 238 g/mol. The van der Waals surface area contributed by atoms with Crippen LogP contribution >= 0.6 is 0 Å². The number of hydrogen-bond acceptors (Lipinski definition) is 5. The van der Waals surface area contributed by atoms with Crippen molar-refractivity contribution >= 4 is 5.69 Å². The predicted molar refractivity (Wildman–Crippen MR) is 64.6 cm³/mol.